The molecule has 7 aromatic rings. The first-order chi connectivity index (χ1) is 22.6. The van der Waals surface area contributed by atoms with Crippen LogP contribution in [0.2, 0.25) is 13.1 Å². The second-order valence-corrected chi connectivity index (χ2v) is 17.0. The van der Waals surface area contributed by atoms with Gasteiger partial charge in [0.25, 0.3) is 0 Å². The van der Waals surface area contributed by atoms with Crippen LogP contribution in [0.15, 0.2) is 176 Å². The van der Waals surface area contributed by atoms with Crippen LogP contribution in [-0.2, 0) is 0 Å². The van der Waals surface area contributed by atoms with Gasteiger partial charge >= 0.3 is 0 Å². The molecule has 0 fully saturated rings. The molecule has 1 aliphatic heterocycles. The van der Waals surface area contributed by atoms with Gasteiger partial charge in [0.15, 0.2) is 0 Å². The Hall–Kier alpha value is -5.44. The van der Waals surface area contributed by atoms with Gasteiger partial charge in [0.1, 0.15) is 8.07 Å². The molecule has 47 heavy (non-hydrogen) atoms. The lowest BCUT2D eigenvalue weighted by Crippen LogP contribution is -2.49. The van der Waals surface area contributed by atoms with Crippen LogP contribution in [0.25, 0.3) is 44.5 Å². The van der Waals surface area contributed by atoms with Crippen molar-refractivity contribution >= 4 is 35.5 Å². The normalized spacial score (nSPS) is 12.5. The lowest BCUT2D eigenvalue weighted by molar-refractivity contribution is 1.28. The molecule has 0 radical (unpaired) electrons. The van der Waals surface area contributed by atoms with Crippen LogP contribution in [0.3, 0.4) is 0 Å². The number of anilines is 3. The molecule has 1 aliphatic rings. The molecule has 0 saturated carbocycles. The van der Waals surface area contributed by atoms with Crippen molar-refractivity contribution in [3.8, 4) is 44.5 Å². The molecule has 0 spiro atoms. The van der Waals surface area contributed by atoms with Crippen molar-refractivity contribution in [2.45, 2.75) is 20.5 Å². The third-order valence-corrected chi connectivity index (χ3v) is 13.1. The zero-order chi connectivity index (χ0) is 31.1. The second kappa shape index (κ2) is 12.4. The molecule has 0 atom stereocenters. The Labute approximate surface area is 280 Å². The summed E-state index contributed by atoms with van der Waals surface area (Å²) in [7, 11) is -1.66. The maximum atomic E-state index is 2.47. The van der Waals surface area contributed by atoms with Crippen LogP contribution in [0, 0.1) is 0 Å². The highest BCUT2D eigenvalue weighted by molar-refractivity contribution is 7.03. The molecule has 0 aliphatic carbocycles. The van der Waals surface area contributed by atoms with E-state index in [0.29, 0.717) is 0 Å². The first kappa shape index (κ1) is 30.2. The molecule has 0 bridgehead atoms. The van der Waals surface area contributed by atoms with Crippen LogP contribution >= 0.6 is 0 Å². The summed E-state index contributed by atoms with van der Waals surface area (Å²) in [5.41, 5.74) is 13.6. The van der Waals surface area contributed by atoms with Gasteiger partial charge in [-0.05, 0) is 97.3 Å². The zero-order valence-corrected chi connectivity index (χ0v) is 27.2. The van der Waals surface area contributed by atoms with E-state index in [2.05, 4.69) is 194 Å². The number of benzene rings is 7. The molecular formula is C45H39NSi. The highest BCUT2D eigenvalue weighted by Crippen LogP contribution is 2.38. The van der Waals surface area contributed by atoms with Crippen molar-refractivity contribution in [3.63, 3.8) is 0 Å². The van der Waals surface area contributed by atoms with E-state index in [9.17, 15) is 0 Å². The number of nitrogens with zero attached hydrogens (tertiary/aromatic N) is 1. The van der Waals surface area contributed by atoms with Crippen molar-refractivity contribution in [3.05, 3.63) is 176 Å². The molecule has 0 N–H and O–H groups in total. The predicted octanol–water partition coefficient (Wildman–Crippen LogP) is 11.6. The Kier molecular flexibility index (Phi) is 7.97. The quantitative estimate of drug-likeness (QED) is 0.167. The van der Waals surface area contributed by atoms with Gasteiger partial charge in [-0.25, -0.2) is 0 Å². The van der Waals surface area contributed by atoms with Gasteiger partial charge in [-0.2, -0.15) is 0 Å². The van der Waals surface area contributed by atoms with Crippen LogP contribution < -0.4 is 15.3 Å². The molecule has 7 aromatic carbocycles. The second-order valence-electron chi connectivity index (χ2n) is 12.6. The van der Waals surface area contributed by atoms with Crippen LogP contribution in [-0.4, -0.2) is 8.07 Å². The van der Waals surface area contributed by atoms with Crippen molar-refractivity contribution in [1.82, 2.24) is 0 Å². The first-order valence-corrected chi connectivity index (χ1v) is 19.0. The molecule has 1 nitrogen and oxygen atoms in total. The van der Waals surface area contributed by atoms with E-state index in [4.69, 9.17) is 0 Å². The first-order valence-electron chi connectivity index (χ1n) is 16.0. The third-order valence-electron chi connectivity index (χ3n) is 9.51. The molecule has 228 valence electrons. The summed E-state index contributed by atoms with van der Waals surface area (Å²) < 4.78 is 0. The summed E-state index contributed by atoms with van der Waals surface area (Å²) in [4.78, 5) is 2.35. The summed E-state index contributed by atoms with van der Waals surface area (Å²) >= 11 is 0. The topological polar surface area (TPSA) is 3.24 Å². The number of rotatable bonds is 6. The summed E-state index contributed by atoms with van der Waals surface area (Å²) in [6, 6.07) is 64.1. The Morgan fingerprint density at radius 1 is 0.340 bits per heavy atom. The maximum Gasteiger partial charge on any atom is 0.113 e. The number of hydrogen-bond donors (Lipinski definition) is 0. The van der Waals surface area contributed by atoms with E-state index in [1.165, 1.54) is 49.7 Å². The van der Waals surface area contributed by atoms with Crippen molar-refractivity contribution in [1.29, 1.82) is 0 Å². The summed E-state index contributed by atoms with van der Waals surface area (Å²) in [6.07, 6.45) is 0. The van der Waals surface area contributed by atoms with E-state index in [1.54, 1.807) is 5.19 Å². The van der Waals surface area contributed by atoms with Gasteiger partial charge in [-0.15, -0.1) is 0 Å². The maximum absolute atomic E-state index is 2.47. The van der Waals surface area contributed by atoms with Crippen LogP contribution in [0.1, 0.15) is 7.43 Å². The van der Waals surface area contributed by atoms with Gasteiger partial charge < -0.3 is 4.90 Å². The van der Waals surface area contributed by atoms with Gasteiger partial charge in [0.05, 0.1) is 0 Å². The molecule has 2 heteroatoms. The van der Waals surface area contributed by atoms with Crippen molar-refractivity contribution in [2.75, 3.05) is 4.90 Å². The largest absolute Gasteiger partial charge is 0.311 e. The number of fused-ring (bicyclic) bond motifs is 3. The van der Waals surface area contributed by atoms with E-state index < -0.39 is 8.07 Å². The van der Waals surface area contributed by atoms with Gasteiger partial charge in [-0.1, -0.05) is 154 Å². The monoisotopic (exact) mass is 621 g/mol. The fraction of sp³-hybridized carbons (Fsp3) is 0.0667. The Balaban J connectivity index is 0.00000351. The van der Waals surface area contributed by atoms with Crippen molar-refractivity contribution in [2.24, 2.45) is 0 Å². The van der Waals surface area contributed by atoms with Crippen LogP contribution in [0.4, 0.5) is 17.1 Å². The van der Waals surface area contributed by atoms with E-state index in [-0.39, 0.29) is 7.43 Å². The zero-order valence-electron chi connectivity index (χ0n) is 26.2. The van der Waals surface area contributed by atoms with E-state index in [1.807, 2.05) is 0 Å². The van der Waals surface area contributed by atoms with Gasteiger partial charge in [0, 0.05) is 17.1 Å². The minimum atomic E-state index is -1.66. The molecular weight excluding hydrogens is 583 g/mol. The lowest BCUT2D eigenvalue weighted by Gasteiger charge is -2.26. The van der Waals surface area contributed by atoms with E-state index in [0.717, 1.165) is 17.1 Å². The molecule has 0 aromatic heterocycles. The van der Waals surface area contributed by atoms with Gasteiger partial charge in [0.2, 0.25) is 0 Å². The Bertz CT molecular complexity index is 2050. The Morgan fingerprint density at radius 2 is 0.702 bits per heavy atom. The van der Waals surface area contributed by atoms with Crippen molar-refractivity contribution < 1.29 is 0 Å². The lowest BCUT2D eigenvalue weighted by atomic mass is 9.98. The fourth-order valence-corrected chi connectivity index (χ4v) is 10.1. The fourth-order valence-electron chi connectivity index (χ4n) is 7.02. The average Bonchev–Trinajstić information content (AvgIpc) is 3.36. The summed E-state index contributed by atoms with van der Waals surface area (Å²) in [5, 5.41) is 3.09. The van der Waals surface area contributed by atoms with E-state index >= 15 is 0 Å². The summed E-state index contributed by atoms with van der Waals surface area (Å²) in [6.45, 7) is 4.94. The highest BCUT2D eigenvalue weighted by Gasteiger charge is 2.37. The standard InChI is InChI=1S/C44H35NSi.CH4/c1-46(2)43-16-10-9-15-41(43)42-31-37(23-30-44(42)46)36-21-28-40(29-22-36)45(38-24-17-34(18-25-38)32-11-5-3-6-12-32)39-26-19-35(20-27-39)33-13-7-4-8-14-33;/h3-31H,1-2H3;1H4. The highest BCUT2D eigenvalue weighted by atomic mass is 28.3. The molecule has 0 amide bonds. The molecule has 8 rings (SSSR count). The SMILES string of the molecule is C.C[Si]1(C)c2ccccc2-c2cc(-c3ccc(N(c4ccc(-c5ccccc5)cc4)c4ccc(-c5ccccc5)cc4)cc3)ccc21. The van der Waals surface area contributed by atoms with Gasteiger partial charge in [-0.3, -0.25) is 0 Å². The minimum absolute atomic E-state index is 0. The summed E-state index contributed by atoms with van der Waals surface area (Å²) in [5.74, 6) is 0. The minimum Gasteiger partial charge on any atom is -0.311 e. The smallest absolute Gasteiger partial charge is 0.113 e. The number of hydrogen-bond acceptors (Lipinski definition) is 1. The average molecular weight is 622 g/mol. The molecule has 0 unspecified atom stereocenters. The van der Waals surface area contributed by atoms with Crippen LogP contribution in [0.5, 0.6) is 0 Å². The third kappa shape index (κ3) is 5.52. The molecule has 1 heterocycles. The Morgan fingerprint density at radius 3 is 1.19 bits per heavy atom. The molecule has 0 saturated heterocycles. The predicted molar refractivity (Wildman–Crippen MR) is 206 cm³/mol.